The lowest BCUT2D eigenvalue weighted by molar-refractivity contribution is -0.111. The molecule has 3 aromatic rings. The predicted octanol–water partition coefficient (Wildman–Crippen LogP) is 4.39. The summed E-state index contributed by atoms with van der Waals surface area (Å²) in [6.07, 6.45) is 4.62. The fourth-order valence-electron chi connectivity index (χ4n) is 2.40. The largest absolute Gasteiger partial charge is 0.457 e. The van der Waals surface area contributed by atoms with Crippen molar-refractivity contribution in [2.24, 2.45) is 0 Å². The normalized spacial score (nSPS) is 10.7. The molecule has 3 amide bonds. The third-order valence-electron chi connectivity index (χ3n) is 3.66. The molecular formula is C21H19N3O3. The van der Waals surface area contributed by atoms with Gasteiger partial charge in [0.15, 0.2) is 0 Å². The molecule has 2 aromatic carbocycles. The number of benzene rings is 2. The van der Waals surface area contributed by atoms with Crippen LogP contribution in [0.1, 0.15) is 5.76 Å². The summed E-state index contributed by atoms with van der Waals surface area (Å²) < 4.78 is 5.63. The lowest BCUT2D eigenvalue weighted by atomic mass is 10.2. The van der Waals surface area contributed by atoms with Gasteiger partial charge in [-0.25, -0.2) is 4.79 Å². The highest BCUT2D eigenvalue weighted by Crippen LogP contribution is 2.19. The van der Waals surface area contributed by atoms with Crippen LogP contribution >= 0.6 is 0 Å². The van der Waals surface area contributed by atoms with Crippen LogP contribution < -0.4 is 16.0 Å². The molecule has 136 valence electrons. The zero-order chi connectivity index (χ0) is 19.1. The fraction of sp³-hybridized carbons (Fsp3) is 0.0476. The van der Waals surface area contributed by atoms with Gasteiger partial charge in [-0.3, -0.25) is 4.79 Å². The van der Waals surface area contributed by atoms with Gasteiger partial charge >= 0.3 is 6.03 Å². The molecular weight excluding hydrogens is 342 g/mol. The van der Waals surface area contributed by atoms with Crippen molar-refractivity contribution >= 4 is 40.4 Å². The van der Waals surface area contributed by atoms with Gasteiger partial charge in [0.1, 0.15) is 11.3 Å². The van der Waals surface area contributed by atoms with Gasteiger partial charge in [0.05, 0.1) is 0 Å². The first-order valence-electron chi connectivity index (χ1n) is 8.37. The van der Waals surface area contributed by atoms with Gasteiger partial charge in [-0.05, 0) is 42.5 Å². The van der Waals surface area contributed by atoms with Gasteiger partial charge in [-0.15, -0.1) is 6.58 Å². The van der Waals surface area contributed by atoms with Gasteiger partial charge in [-0.2, -0.15) is 0 Å². The second kappa shape index (κ2) is 8.53. The smallest absolute Gasteiger partial charge is 0.319 e. The molecule has 3 N–H and O–H groups in total. The Hall–Kier alpha value is -3.80. The van der Waals surface area contributed by atoms with Crippen molar-refractivity contribution in [3.63, 3.8) is 0 Å². The number of urea groups is 1. The van der Waals surface area contributed by atoms with E-state index < -0.39 is 0 Å². The van der Waals surface area contributed by atoms with Gasteiger partial charge < -0.3 is 20.4 Å². The number of rotatable bonds is 6. The summed E-state index contributed by atoms with van der Waals surface area (Å²) in [7, 11) is 0. The van der Waals surface area contributed by atoms with Crippen LogP contribution in [0.3, 0.4) is 0 Å². The molecule has 0 fully saturated rings. The molecule has 6 heteroatoms. The topological polar surface area (TPSA) is 83.4 Å². The van der Waals surface area contributed by atoms with Crippen molar-refractivity contribution in [1.29, 1.82) is 0 Å². The molecule has 27 heavy (non-hydrogen) atoms. The van der Waals surface area contributed by atoms with E-state index in [0.717, 1.165) is 11.0 Å². The number of nitrogens with one attached hydrogen (secondary N) is 3. The van der Waals surface area contributed by atoms with Gasteiger partial charge in [0.25, 0.3) is 0 Å². The van der Waals surface area contributed by atoms with E-state index in [1.54, 1.807) is 36.4 Å². The summed E-state index contributed by atoms with van der Waals surface area (Å²) in [4.78, 5) is 23.6. The SMILES string of the molecule is C=CCNC(=O)Nc1ccc(NC(=O)/C=C/c2cc3ccccc3o2)cc1. The van der Waals surface area contributed by atoms with Crippen LogP contribution in [0.4, 0.5) is 16.2 Å². The van der Waals surface area contributed by atoms with Crippen molar-refractivity contribution in [2.75, 3.05) is 17.2 Å². The van der Waals surface area contributed by atoms with Crippen molar-refractivity contribution in [1.82, 2.24) is 5.32 Å². The number of anilines is 2. The number of carbonyl (C=O) groups excluding carboxylic acids is 2. The molecule has 0 unspecified atom stereocenters. The number of fused-ring (bicyclic) bond motifs is 1. The van der Waals surface area contributed by atoms with Gasteiger partial charge in [0.2, 0.25) is 5.91 Å². The summed E-state index contributed by atoms with van der Waals surface area (Å²) in [5.74, 6) is 0.330. The highest BCUT2D eigenvalue weighted by Gasteiger charge is 2.03. The molecule has 0 bridgehead atoms. The zero-order valence-electron chi connectivity index (χ0n) is 14.6. The van der Waals surface area contributed by atoms with Crippen molar-refractivity contribution in [2.45, 2.75) is 0 Å². The van der Waals surface area contributed by atoms with Crippen LogP contribution in [0.5, 0.6) is 0 Å². The minimum atomic E-state index is -0.319. The monoisotopic (exact) mass is 361 g/mol. The predicted molar refractivity (Wildman–Crippen MR) is 108 cm³/mol. The highest BCUT2D eigenvalue weighted by molar-refractivity contribution is 6.02. The lowest BCUT2D eigenvalue weighted by Gasteiger charge is -2.07. The summed E-state index contributed by atoms with van der Waals surface area (Å²) in [5.41, 5.74) is 2.01. The molecule has 6 nitrogen and oxygen atoms in total. The van der Waals surface area contributed by atoms with Crippen molar-refractivity contribution < 1.29 is 14.0 Å². The summed E-state index contributed by atoms with van der Waals surface area (Å²) in [6, 6.07) is 16.0. The van der Waals surface area contributed by atoms with Crippen LogP contribution in [0.15, 0.2) is 77.7 Å². The minimum absolute atomic E-state index is 0.278. The van der Waals surface area contributed by atoms with Crippen LogP contribution in [0, 0.1) is 0 Å². The van der Waals surface area contributed by atoms with E-state index in [4.69, 9.17) is 4.42 Å². The highest BCUT2D eigenvalue weighted by atomic mass is 16.3. The first kappa shape index (κ1) is 18.0. The third kappa shape index (κ3) is 5.09. The molecule has 1 aromatic heterocycles. The number of hydrogen-bond donors (Lipinski definition) is 3. The molecule has 0 aliphatic carbocycles. The molecule has 0 saturated carbocycles. The summed E-state index contributed by atoms with van der Waals surface area (Å²) in [5, 5.41) is 9.03. The number of para-hydroxylation sites is 1. The fourth-order valence-corrected chi connectivity index (χ4v) is 2.40. The van der Waals surface area contributed by atoms with Crippen LogP contribution in [-0.2, 0) is 4.79 Å². The Morgan fingerprint density at radius 1 is 1.00 bits per heavy atom. The number of furan rings is 1. The molecule has 0 radical (unpaired) electrons. The number of amides is 3. The van der Waals surface area contributed by atoms with E-state index in [1.165, 1.54) is 6.08 Å². The van der Waals surface area contributed by atoms with Gasteiger partial charge in [0, 0.05) is 29.4 Å². The first-order valence-corrected chi connectivity index (χ1v) is 8.37. The maximum absolute atomic E-state index is 12.1. The first-order chi connectivity index (χ1) is 13.1. The number of carbonyl (C=O) groups is 2. The molecule has 0 spiro atoms. The summed E-state index contributed by atoms with van der Waals surface area (Å²) in [6.45, 7) is 3.92. The second-order valence-corrected chi connectivity index (χ2v) is 5.71. The second-order valence-electron chi connectivity index (χ2n) is 5.71. The Morgan fingerprint density at radius 3 is 2.41 bits per heavy atom. The Bertz CT molecular complexity index is 954. The Labute approximate surface area is 156 Å². The van der Waals surface area contributed by atoms with Crippen molar-refractivity contribution in [3.8, 4) is 0 Å². The maximum atomic E-state index is 12.1. The van der Waals surface area contributed by atoms with Crippen LogP contribution in [-0.4, -0.2) is 18.5 Å². The molecule has 0 aliphatic heterocycles. The maximum Gasteiger partial charge on any atom is 0.319 e. The van der Waals surface area contributed by atoms with E-state index in [-0.39, 0.29) is 11.9 Å². The minimum Gasteiger partial charge on any atom is -0.457 e. The van der Waals surface area contributed by atoms with E-state index >= 15 is 0 Å². The molecule has 0 saturated heterocycles. The van der Waals surface area contributed by atoms with E-state index in [9.17, 15) is 9.59 Å². The van der Waals surface area contributed by atoms with E-state index in [1.807, 2.05) is 30.3 Å². The average molecular weight is 361 g/mol. The Morgan fingerprint density at radius 2 is 1.70 bits per heavy atom. The van der Waals surface area contributed by atoms with E-state index in [2.05, 4.69) is 22.5 Å². The number of hydrogen-bond acceptors (Lipinski definition) is 3. The quantitative estimate of drug-likeness (QED) is 0.450. The molecule has 1 heterocycles. The molecule has 0 atom stereocenters. The Balaban J connectivity index is 1.55. The third-order valence-corrected chi connectivity index (χ3v) is 3.66. The van der Waals surface area contributed by atoms with Gasteiger partial charge in [-0.1, -0.05) is 24.3 Å². The molecule has 3 rings (SSSR count). The van der Waals surface area contributed by atoms with Crippen LogP contribution in [0.25, 0.3) is 17.0 Å². The van der Waals surface area contributed by atoms with Crippen LogP contribution in [0.2, 0.25) is 0 Å². The standard InChI is InChI=1S/C21H19N3O3/c1-2-13-22-21(26)24-17-9-7-16(8-10-17)23-20(25)12-11-18-14-15-5-3-4-6-19(15)27-18/h2-12,14H,1,13H2,(H,23,25)(H2,22,24,26)/b12-11+. The van der Waals surface area contributed by atoms with Crippen molar-refractivity contribution in [3.05, 3.63) is 79.1 Å². The Kier molecular flexibility index (Phi) is 5.69. The zero-order valence-corrected chi connectivity index (χ0v) is 14.6. The van der Waals surface area contributed by atoms with E-state index in [0.29, 0.717) is 23.7 Å². The average Bonchev–Trinajstić information content (AvgIpc) is 3.09. The molecule has 0 aliphatic rings. The lowest BCUT2D eigenvalue weighted by Crippen LogP contribution is -2.28. The summed E-state index contributed by atoms with van der Waals surface area (Å²) >= 11 is 0.